The molecule has 1 heterocycles. The van der Waals surface area contributed by atoms with Crippen LogP contribution in [0.25, 0.3) is 11.0 Å². The molecule has 6 nitrogen and oxygen atoms in total. The number of sulfone groups is 1. The lowest BCUT2D eigenvalue weighted by Gasteiger charge is -2.19. The van der Waals surface area contributed by atoms with Gasteiger partial charge >= 0.3 is 0 Å². The van der Waals surface area contributed by atoms with Gasteiger partial charge in [0, 0.05) is 24.5 Å². The van der Waals surface area contributed by atoms with E-state index in [1.165, 1.54) is 0 Å². The van der Waals surface area contributed by atoms with E-state index < -0.39 is 14.6 Å². The maximum absolute atomic E-state index is 12.1. The zero-order valence-corrected chi connectivity index (χ0v) is 16.3. The Balaban J connectivity index is 1.93. The fourth-order valence-electron chi connectivity index (χ4n) is 2.39. The molecular formula is C18H27N3O3S. The number of aliphatic imine (C=N–C) groups is 1. The Labute approximate surface area is 149 Å². The zero-order chi connectivity index (χ0) is 18.7. The summed E-state index contributed by atoms with van der Waals surface area (Å²) in [5, 5.41) is 7.30. The lowest BCUT2D eigenvalue weighted by molar-refractivity contribution is 0.534. The van der Waals surface area contributed by atoms with E-state index in [0.29, 0.717) is 19.0 Å². The van der Waals surface area contributed by atoms with Crippen LogP contribution in [-0.2, 0) is 16.4 Å². The minimum Gasteiger partial charge on any atom is -0.459 e. The van der Waals surface area contributed by atoms with Gasteiger partial charge in [-0.3, -0.25) is 4.99 Å². The molecule has 0 unspecified atom stereocenters. The van der Waals surface area contributed by atoms with E-state index in [-0.39, 0.29) is 5.75 Å². The number of rotatable bonds is 5. The van der Waals surface area contributed by atoms with Crippen LogP contribution in [0.2, 0.25) is 0 Å². The average molecular weight is 365 g/mol. The number of nitrogens with one attached hydrogen (secondary N) is 2. The van der Waals surface area contributed by atoms with Crippen molar-refractivity contribution in [2.75, 3.05) is 19.3 Å². The monoisotopic (exact) mass is 365 g/mol. The summed E-state index contributed by atoms with van der Waals surface area (Å²) in [6.45, 7) is 7.93. The number of hydrogen-bond donors (Lipinski definition) is 2. The molecule has 2 N–H and O–H groups in total. The quantitative estimate of drug-likeness (QED) is 0.629. The van der Waals surface area contributed by atoms with Crippen LogP contribution in [0, 0.1) is 6.92 Å². The normalized spacial score (nSPS) is 13.2. The van der Waals surface area contributed by atoms with Crippen LogP contribution in [0.4, 0.5) is 0 Å². The molecule has 2 aromatic rings. The minimum absolute atomic E-state index is 0.0564. The molecule has 0 aliphatic carbocycles. The van der Waals surface area contributed by atoms with Gasteiger partial charge in [-0.15, -0.1) is 0 Å². The molecule has 0 fully saturated rings. The van der Waals surface area contributed by atoms with E-state index in [9.17, 15) is 8.42 Å². The molecule has 0 atom stereocenters. The van der Waals surface area contributed by atoms with Gasteiger partial charge in [-0.05, 0) is 33.8 Å². The van der Waals surface area contributed by atoms with Gasteiger partial charge in [-0.25, -0.2) is 8.42 Å². The van der Waals surface area contributed by atoms with Crippen molar-refractivity contribution in [2.24, 2.45) is 4.99 Å². The first kappa shape index (κ1) is 19.3. The van der Waals surface area contributed by atoms with Crippen molar-refractivity contribution in [1.29, 1.82) is 0 Å². The minimum atomic E-state index is -3.16. The Morgan fingerprint density at radius 1 is 1.20 bits per heavy atom. The standard InChI is InChI=1S/C18H27N3O3S/c1-13-14-8-6-7-9-15(14)24-16(13)12-21-17(19-5)20-10-11-25(22,23)18(2,3)4/h6-9H,10-12H2,1-5H3,(H2,19,20,21). The summed E-state index contributed by atoms with van der Waals surface area (Å²) in [6, 6.07) is 7.90. The van der Waals surface area contributed by atoms with Crippen LogP contribution in [0.5, 0.6) is 0 Å². The highest BCUT2D eigenvalue weighted by atomic mass is 32.2. The molecule has 138 valence electrons. The summed E-state index contributed by atoms with van der Waals surface area (Å²) in [5.41, 5.74) is 1.95. The summed E-state index contributed by atoms with van der Waals surface area (Å²) in [7, 11) is -1.50. The van der Waals surface area contributed by atoms with E-state index in [2.05, 4.69) is 15.6 Å². The maximum Gasteiger partial charge on any atom is 0.191 e. The van der Waals surface area contributed by atoms with E-state index in [0.717, 1.165) is 22.3 Å². The highest BCUT2D eigenvalue weighted by Crippen LogP contribution is 2.24. The molecule has 0 spiro atoms. The Kier molecular flexibility index (Phi) is 5.77. The number of furan rings is 1. The van der Waals surface area contributed by atoms with Crippen LogP contribution >= 0.6 is 0 Å². The van der Waals surface area contributed by atoms with Gasteiger partial charge in [0.15, 0.2) is 15.8 Å². The molecule has 0 aliphatic heterocycles. The van der Waals surface area contributed by atoms with Gasteiger partial charge < -0.3 is 15.1 Å². The predicted octanol–water partition coefficient (Wildman–Crippen LogP) is 2.62. The molecule has 0 saturated carbocycles. The summed E-state index contributed by atoms with van der Waals surface area (Å²) in [4.78, 5) is 4.13. The molecule has 1 aromatic heterocycles. The van der Waals surface area contributed by atoms with Crippen LogP contribution in [0.15, 0.2) is 33.7 Å². The molecule has 0 bridgehead atoms. The van der Waals surface area contributed by atoms with E-state index in [1.54, 1.807) is 27.8 Å². The first-order chi connectivity index (χ1) is 11.7. The Hall–Kier alpha value is -2.02. The van der Waals surface area contributed by atoms with Crippen molar-refractivity contribution < 1.29 is 12.8 Å². The van der Waals surface area contributed by atoms with Gasteiger partial charge in [0.05, 0.1) is 17.0 Å². The first-order valence-corrected chi connectivity index (χ1v) is 9.95. The molecule has 7 heteroatoms. The molecular weight excluding hydrogens is 338 g/mol. The molecule has 2 rings (SSSR count). The van der Waals surface area contributed by atoms with Crippen molar-refractivity contribution in [3.63, 3.8) is 0 Å². The molecule has 1 aromatic carbocycles. The van der Waals surface area contributed by atoms with Gasteiger partial charge in [0.2, 0.25) is 0 Å². The predicted molar refractivity (Wildman–Crippen MR) is 103 cm³/mol. The largest absolute Gasteiger partial charge is 0.459 e. The summed E-state index contributed by atoms with van der Waals surface area (Å²) in [6.07, 6.45) is 0. The van der Waals surface area contributed by atoms with Crippen molar-refractivity contribution in [2.45, 2.75) is 39.0 Å². The number of benzene rings is 1. The first-order valence-electron chi connectivity index (χ1n) is 8.29. The summed E-state index contributed by atoms with van der Waals surface area (Å²) in [5.74, 6) is 1.44. The van der Waals surface area contributed by atoms with Crippen LogP contribution in [0.3, 0.4) is 0 Å². The lowest BCUT2D eigenvalue weighted by atomic mass is 10.1. The Bertz CT molecular complexity index is 861. The molecule has 0 saturated heterocycles. The van der Waals surface area contributed by atoms with Gasteiger partial charge in [0.1, 0.15) is 11.3 Å². The van der Waals surface area contributed by atoms with E-state index in [4.69, 9.17) is 4.42 Å². The smallest absolute Gasteiger partial charge is 0.191 e. The number of guanidine groups is 1. The van der Waals surface area contributed by atoms with Crippen LogP contribution in [-0.4, -0.2) is 38.5 Å². The molecule has 25 heavy (non-hydrogen) atoms. The zero-order valence-electron chi connectivity index (χ0n) is 15.5. The number of para-hydroxylation sites is 1. The van der Waals surface area contributed by atoms with Crippen LogP contribution < -0.4 is 10.6 Å². The molecule has 0 amide bonds. The van der Waals surface area contributed by atoms with Gasteiger partial charge in [0.25, 0.3) is 0 Å². The van der Waals surface area contributed by atoms with E-state index in [1.807, 2.05) is 31.2 Å². The van der Waals surface area contributed by atoms with Crippen molar-refractivity contribution in [1.82, 2.24) is 10.6 Å². The van der Waals surface area contributed by atoms with E-state index >= 15 is 0 Å². The van der Waals surface area contributed by atoms with Gasteiger partial charge in [-0.1, -0.05) is 18.2 Å². The second-order valence-electron chi connectivity index (χ2n) is 6.93. The number of nitrogens with zero attached hydrogens (tertiary/aromatic N) is 1. The highest BCUT2D eigenvalue weighted by molar-refractivity contribution is 7.92. The fraction of sp³-hybridized carbons (Fsp3) is 0.500. The Morgan fingerprint density at radius 3 is 2.48 bits per heavy atom. The summed E-state index contributed by atoms with van der Waals surface area (Å²) >= 11 is 0. The number of aryl methyl sites for hydroxylation is 1. The maximum atomic E-state index is 12.1. The Morgan fingerprint density at radius 2 is 1.88 bits per heavy atom. The van der Waals surface area contributed by atoms with Crippen molar-refractivity contribution in [3.8, 4) is 0 Å². The fourth-order valence-corrected chi connectivity index (χ4v) is 3.37. The average Bonchev–Trinajstić information content (AvgIpc) is 2.86. The SMILES string of the molecule is CN=C(NCCS(=O)(=O)C(C)(C)C)NCc1oc2ccccc2c1C. The van der Waals surface area contributed by atoms with Crippen molar-refractivity contribution >= 4 is 26.8 Å². The second kappa shape index (κ2) is 7.47. The number of fused-ring (bicyclic) bond motifs is 1. The summed E-state index contributed by atoms with van der Waals surface area (Å²) < 4.78 is 29.4. The second-order valence-corrected chi connectivity index (χ2v) is 9.79. The van der Waals surface area contributed by atoms with Crippen molar-refractivity contribution in [3.05, 3.63) is 35.6 Å². The third kappa shape index (κ3) is 4.54. The number of hydrogen-bond acceptors (Lipinski definition) is 4. The van der Waals surface area contributed by atoms with Crippen LogP contribution in [0.1, 0.15) is 32.1 Å². The molecule has 0 radical (unpaired) electrons. The van der Waals surface area contributed by atoms with Gasteiger partial charge in [-0.2, -0.15) is 0 Å². The third-order valence-corrected chi connectivity index (χ3v) is 6.79. The third-order valence-electron chi connectivity index (χ3n) is 4.18. The molecule has 0 aliphatic rings. The highest BCUT2D eigenvalue weighted by Gasteiger charge is 2.28. The lowest BCUT2D eigenvalue weighted by Crippen LogP contribution is -2.41. The topological polar surface area (TPSA) is 83.7 Å².